The molecule has 0 atom stereocenters. The zero-order chi connectivity index (χ0) is 13.1. The van der Waals surface area contributed by atoms with Gasteiger partial charge in [0.05, 0.1) is 7.11 Å². The summed E-state index contributed by atoms with van der Waals surface area (Å²) in [6.07, 6.45) is 1.01. The first-order chi connectivity index (χ1) is 8.65. The van der Waals surface area contributed by atoms with Crippen LogP contribution in [0, 0.1) is 5.82 Å². The summed E-state index contributed by atoms with van der Waals surface area (Å²) in [6.45, 7) is 0. The van der Waals surface area contributed by atoms with Crippen LogP contribution in [0.1, 0.15) is 10.5 Å². The summed E-state index contributed by atoms with van der Waals surface area (Å²) in [5, 5.41) is 8.80. The van der Waals surface area contributed by atoms with E-state index in [4.69, 9.17) is 9.84 Å². The fraction of sp³-hybridized carbons (Fsp3) is 0.0833. The van der Waals surface area contributed by atoms with Gasteiger partial charge in [-0.3, -0.25) is 0 Å². The molecule has 1 heterocycles. The maximum absolute atomic E-state index is 14.0. The molecule has 0 bridgehead atoms. The smallest absolute Gasteiger partial charge is 0.357 e. The first-order valence-corrected chi connectivity index (χ1v) is 5.02. The lowest BCUT2D eigenvalue weighted by atomic mass is 10.1. The second kappa shape index (κ2) is 4.79. The highest BCUT2D eigenvalue weighted by atomic mass is 19.1. The fourth-order valence-electron chi connectivity index (χ4n) is 1.55. The van der Waals surface area contributed by atoms with E-state index in [-0.39, 0.29) is 5.69 Å². The van der Waals surface area contributed by atoms with Crippen molar-refractivity contribution in [1.82, 2.24) is 9.97 Å². The lowest BCUT2D eigenvalue weighted by Gasteiger charge is -2.08. The summed E-state index contributed by atoms with van der Waals surface area (Å²) in [5.41, 5.74) is -0.381. The van der Waals surface area contributed by atoms with Crippen LogP contribution >= 0.6 is 0 Å². The highest BCUT2D eigenvalue weighted by molar-refractivity contribution is 5.87. The molecule has 0 saturated carbocycles. The molecule has 0 saturated heterocycles. The minimum Gasteiger partial charge on any atom is -0.496 e. The van der Waals surface area contributed by atoms with Crippen LogP contribution in [0.15, 0.2) is 30.6 Å². The SMILES string of the molecule is COc1ccccc1-c1ncnc(C(=O)O)c1F. The number of hydrogen-bond acceptors (Lipinski definition) is 4. The van der Waals surface area contributed by atoms with Crippen LogP contribution in [-0.4, -0.2) is 28.2 Å². The number of nitrogens with zero attached hydrogens (tertiary/aromatic N) is 2. The average molecular weight is 248 g/mol. The highest BCUT2D eigenvalue weighted by Crippen LogP contribution is 2.30. The van der Waals surface area contributed by atoms with Gasteiger partial charge >= 0.3 is 5.97 Å². The summed E-state index contributed by atoms with van der Waals surface area (Å²) in [4.78, 5) is 18.0. The molecule has 1 N–H and O–H groups in total. The van der Waals surface area contributed by atoms with E-state index in [0.717, 1.165) is 6.33 Å². The summed E-state index contributed by atoms with van der Waals surface area (Å²) < 4.78 is 19.0. The number of methoxy groups -OCH3 is 1. The van der Waals surface area contributed by atoms with E-state index in [1.807, 2.05) is 0 Å². The monoisotopic (exact) mass is 248 g/mol. The molecule has 0 spiro atoms. The molecule has 0 aliphatic heterocycles. The van der Waals surface area contributed by atoms with Gasteiger partial charge in [0.2, 0.25) is 0 Å². The Morgan fingerprint density at radius 3 is 2.72 bits per heavy atom. The minimum atomic E-state index is -1.44. The number of para-hydroxylation sites is 1. The topological polar surface area (TPSA) is 72.3 Å². The quantitative estimate of drug-likeness (QED) is 0.899. The number of halogens is 1. The van der Waals surface area contributed by atoms with Gasteiger partial charge in [-0.1, -0.05) is 12.1 Å². The molecule has 2 rings (SSSR count). The van der Waals surface area contributed by atoms with Crippen molar-refractivity contribution < 1.29 is 19.0 Å². The first kappa shape index (κ1) is 12.0. The molecule has 5 nitrogen and oxygen atoms in total. The largest absolute Gasteiger partial charge is 0.496 e. The zero-order valence-corrected chi connectivity index (χ0v) is 9.42. The number of rotatable bonds is 3. The summed E-state index contributed by atoms with van der Waals surface area (Å²) in [6, 6.07) is 6.63. The molecule has 0 fully saturated rings. The molecule has 0 radical (unpaired) electrons. The number of aromatic nitrogens is 2. The van der Waals surface area contributed by atoms with E-state index in [1.165, 1.54) is 7.11 Å². The number of carboxylic acids is 1. The molecule has 2 aromatic rings. The third kappa shape index (κ3) is 2.00. The van der Waals surface area contributed by atoms with E-state index < -0.39 is 17.5 Å². The summed E-state index contributed by atoms with van der Waals surface area (Å²) in [5.74, 6) is -2.01. The lowest BCUT2D eigenvalue weighted by Crippen LogP contribution is -2.07. The van der Waals surface area contributed by atoms with Crippen molar-refractivity contribution in [2.45, 2.75) is 0 Å². The molecule has 6 heteroatoms. The van der Waals surface area contributed by atoms with Gasteiger partial charge in [0.15, 0.2) is 11.5 Å². The average Bonchev–Trinajstić information content (AvgIpc) is 2.38. The Morgan fingerprint density at radius 1 is 1.33 bits per heavy atom. The van der Waals surface area contributed by atoms with Gasteiger partial charge in [-0.2, -0.15) is 0 Å². The predicted molar refractivity (Wildman–Crippen MR) is 60.9 cm³/mol. The van der Waals surface area contributed by atoms with Gasteiger partial charge < -0.3 is 9.84 Å². The Hall–Kier alpha value is -2.50. The Balaban J connectivity index is 2.64. The maximum atomic E-state index is 14.0. The van der Waals surface area contributed by atoms with Crippen molar-refractivity contribution in [3.63, 3.8) is 0 Å². The van der Waals surface area contributed by atoms with Gasteiger partial charge in [0.25, 0.3) is 0 Å². The number of aromatic carboxylic acids is 1. The maximum Gasteiger partial charge on any atom is 0.357 e. The van der Waals surface area contributed by atoms with Crippen molar-refractivity contribution in [2.75, 3.05) is 7.11 Å². The Labute approximate surface area is 102 Å². The molecule has 0 amide bonds. The van der Waals surface area contributed by atoms with Crippen LogP contribution < -0.4 is 4.74 Å². The second-order valence-electron chi connectivity index (χ2n) is 3.39. The second-order valence-corrected chi connectivity index (χ2v) is 3.39. The van der Waals surface area contributed by atoms with Gasteiger partial charge in [0.1, 0.15) is 17.8 Å². The van der Waals surface area contributed by atoms with Crippen molar-refractivity contribution in [1.29, 1.82) is 0 Å². The standard InChI is InChI=1S/C12H9FN2O3/c1-18-8-5-3-2-4-7(8)10-9(13)11(12(16)17)15-6-14-10/h2-6H,1H3,(H,16,17). The highest BCUT2D eigenvalue weighted by Gasteiger charge is 2.19. The van der Waals surface area contributed by atoms with Crippen molar-refractivity contribution in [3.05, 3.63) is 42.1 Å². The molecular weight excluding hydrogens is 239 g/mol. The molecular formula is C12H9FN2O3. The molecule has 1 aromatic carbocycles. The van der Waals surface area contributed by atoms with Crippen LogP contribution in [0.25, 0.3) is 11.3 Å². The minimum absolute atomic E-state index is 0.0974. The number of carboxylic acid groups (broad SMARTS) is 1. The van der Waals surface area contributed by atoms with Gasteiger partial charge in [0, 0.05) is 5.56 Å². The van der Waals surface area contributed by atoms with E-state index in [1.54, 1.807) is 24.3 Å². The van der Waals surface area contributed by atoms with E-state index in [2.05, 4.69) is 9.97 Å². The number of benzene rings is 1. The Morgan fingerprint density at radius 2 is 2.06 bits per heavy atom. The third-order valence-electron chi connectivity index (χ3n) is 2.35. The summed E-state index contributed by atoms with van der Waals surface area (Å²) >= 11 is 0. The van der Waals surface area contributed by atoms with Crippen molar-refractivity contribution >= 4 is 5.97 Å². The van der Waals surface area contributed by atoms with Crippen LogP contribution in [0.5, 0.6) is 5.75 Å². The molecule has 18 heavy (non-hydrogen) atoms. The fourth-order valence-corrected chi connectivity index (χ4v) is 1.55. The molecule has 0 aliphatic rings. The van der Waals surface area contributed by atoms with E-state index in [0.29, 0.717) is 11.3 Å². The number of ether oxygens (including phenoxy) is 1. The van der Waals surface area contributed by atoms with Gasteiger partial charge in [-0.25, -0.2) is 19.2 Å². The van der Waals surface area contributed by atoms with Gasteiger partial charge in [-0.05, 0) is 12.1 Å². The number of carbonyl (C=O) groups is 1. The molecule has 0 unspecified atom stereocenters. The van der Waals surface area contributed by atoms with Crippen LogP contribution in [-0.2, 0) is 0 Å². The molecule has 1 aromatic heterocycles. The lowest BCUT2D eigenvalue weighted by molar-refractivity contribution is 0.0684. The van der Waals surface area contributed by atoms with Crippen molar-refractivity contribution in [2.24, 2.45) is 0 Å². The molecule has 92 valence electrons. The van der Waals surface area contributed by atoms with Crippen molar-refractivity contribution in [3.8, 4) is 17.0 Å². The number of hydrogen-bond donors (Lipinski definition) is 1. The van der Waals surface area contributed by atoms with E-state index in [9.17, 15) is 9.18 Å². The first-order valence-electron chi connectivity index (χ1n) is 5.02. The summed E-state index contributed by atoms with van der Waals surface area (Å²) in [7, 11) is 1.44. The third-order valence-corrected chi connectivity index (χ3v) is 2.35. The predicted octanol–water partition coefficient (Wildman–Crippen LogP) is 1.99. The Bertz CT molecular complexity index is 602. The van der Waals surface area contributed by atoms with Crippen LogP contribution in [0.2, 0.25) is 0 Å². The van der Waals surface area contributed by atoms with Crippen LogP contribution in [0.4, 0.5) is 4.39 Å². The molecule has 0 aliphatic carbocycles. The van der Waals surface area contributed by atoms with Crippen LogP contribution in [0.3, 0.4) is 0 Å². The van der Waals surface area contributed by atoms with E-state index >= 15 is 0 Å². The zero-order valence-electron chi connectivity index (χ0n) is 9.42. The Kier molecular flexibility index (Phi) is 3.18. The van der Waals surface area contributed by atoms with Gasteiger partial charge in [-0.15, -0.1) is 0 Å². The normalized spacial score (nSPS) is 10.1.